The van der Waals surface area contributed by atoms with E-state index in [1.807, 2.05) is 0 Å². The highest BCUT2D eigenvalue weighted by molar-refractivity contribution is 5.72. The summed E-state index contributed by atoms with van der Waals surface area (Å²) in [5.41, 5.74) is 5.86. The Balaban J connectivity index is 4.10. The number of nitrogens with zero attached hydrogens (tertiary/aromatic N) is 1. The van der Waals surface area contributed by atoms with E-state index in [-0.39, 0.29) is 31.3 Å². The maximum absolute atomic E-state index is 12.4. The first-order valence-corrected chi connectivity index (χ1v) is 23.1. The Morgan fingerprint density at radius 3 is 1.19 bits per heavy atom. The van der Waals surface area contributed by atoms with Crippen LogP contribution in [0, 0.1) is 10.8 Å². The Labute approximate surface area is 351 Å². The fourth-order valence-corrected chi connectivity index (χ4v) is 7.20. The average molecular weight is 869 g/mol. The van der Waals surface area contributed by atoms with Gasteiger partial charge in [0.1, 0.15) is 6.10 Å². The predicted octanol–water partition coefficient (Wildman–Crippen LogP) is 15.2. The van der Waals surface area contributed by atoms with Gasteiger partial charge in [0, 0.05) is 45.2 Å². The Morgan fingerprint density at radius 1 is 0.424 bits per heavy atom. The molecule has 0 saturated carbocycles. The van der Waals surface area contributed by atoms with Crippen molar-refractivity contribution in [2.75, 3.05) is 32.8 Å². The van der Waals surface area contributed by atoms with Crippen LogP contribution in [0.3, 0.4) is 0 Å². The van der Waals surface area contributed by atoms with Gasteiger partial charge in [0.05, 0.1) is 6.61 Å². The van der Waals surface area contributed by atoms with Gasteiger partial charge in [-0.1, -0.05) is 103 Å². The number of hydrogen-bond acceptors (Lipinski definition) is 6. The number of ether oxygens (including phenoxy) is 2. The molecule has 0 heterocycles. The number of rotatable bonds is 41. The molecule has 0 aliphatic carbocycles. The lowest BCUT2D eigenvalue weighted by atomic mass is 10.0. The van der Waals surface area contributed by atoms with E-state index >= 15 is 0 Å². The Morgan fingerprint density at radius 2 is 0.763 bits per heavy atom. The zero-order valence-corrected chi connectivity index (χ0v) is 36.2. The van der Waals surface area contributed by atoms with E-state index in [4.69, 9.17) is 26.0 Å². The average Bonchev–Trinajstić information content (AvgIpc) is 3.14. The van der Waals surface area contributed by atoms with Crippen molar-refractivity contribution in [2.24, 2.45) is 5.73 Å². The highest BCUT2D eigenvalue weighted by Crippen LogP contribution is 2.26. The number of nitrogens with one attached hydrogen (secondary N) is 2. The van der Waals surface area contributed by atoms with Crippen LogP contribution in [-0.2, 0) is 9.47 Å². The second kappa shape index (κ2) is 36.8. The molecule has 0 spiro atoms. The van der Waals surface area contributed by atoms with Crippen LogP contribution < -0.4 is 5.73 Å². The fraction of sp³-hybridized carbons (Fsp3) is 0.955. The van der Waals surface area contributed by atoms with Gasteiger partial charge in [0.15, 0.2) is 11.8 Å². The van der Waals surface area contributed by atoms with Crippen molar-refractivity contribution in [2.45, 2.75) is 237 Å². The highest BCUT2D eigenvalue weighted by atomic mass is 19.4. The number of halogens is 9. The minimum atomic E-state index is -4.12. The molecule has 0 aromatic rings. The SMILES string of the molecule is N=C(CCCCCN(CCN)CCCCCCCC(=N)OC(CCCCCCCC(F)(F)F)CCCCCCCC(F)(F)F)OCCCCCCCCCCC(F)(F)F. The molecule has 0 aromatic heterocycles. The van der Waals surface area contributed by atoms with Gasteiger partial charge in [-0.15, -0.1) is 0 Å². The van der Waals surface area contributed by atoms with Gasteiger partial charge >= 0.3 is 18.5 Å². The molecule has 0 bridgehead atoms. The van der Waals surface area contributed by atoms with E-state index in [0.717, 1.165) is 161 Å². The first-order valence-electron chi connectivity index (χ1n) is 23.1. The summed E-state index contributed by atoms with van der Waals surface area (Å²) < 4.78 is 122. The molecule has 0 aromatic carbocycles. The summed E-state index contributed by atoms with van der Waals surface area (Å²) in [4.78, 5) is 2.40. The van der Waals surface area contributed by atoms with Crippen LogP contribution in [0.25, 0.3) is 0 Å². The third-order valence-electron chi connectivity index (χ3n) is 10.6. The van der Waals surface area contributed by atoms with Crippen LogP contribution in [0.15, 0.2) is 0 Å². The first kappa shape index (κ1) is 57.2. The van der Waals surface area contributed by atoms with Crippen molar-refractivity contribution in [3.8, 4) is 0 Å². The summed E-state index contributed by atoms with van der Waals surface area (Å²) in [7, 11) is 0. The number of unbranched alkanes of at least 4 members (excludes halogenated alkanes) is 21. The second-order valence-corrected chi connectivity index (χ2v) is 16.4. The first-order chi connectivity index (χ1) is 28.0. The predicted molar refractivity (Wildman–Crippen MR) is 222 cm³/mol. The molecule has 4 N–H and O–H groups in total. The molecule has 0 aliphatic rings. The maximum Gasteiger partial charge on any atom is 0.389 e. The molecule has 15 heteroatoms. The summed E-state index contributed by atoms with van der Waals surface area (Å²) in [6.45, 7) is 3.95. The van der Waals surface area contributed by atoms with Crippen LogP contribution in [-0.4, -0.2) is 74.1 Å². The van der Waals surface area contributed by atoms with E-state index < -0.39 is 37.8 Å². The monoisotopic (exact) mass is 869 g/mol. The molecule has 0 fully saturated rings. The highest BCUT2D eigenvalue weighted by Gasteiger charge is 2.27. The molecule has 0 aliphatic heterocycles. The topological polar surface area (TPSA) is 95.4 Å². The lowest BCUT2D eigenvalue weighted by molar-refractivity contribution is -0.136. The van der Waals surface area contributed by atoms with Gasteiger partial charge < -0.3 is 20.1 Å². The molecule has 352 valence electrons. The van der Waals surface area contributed by atoms with Gasteiger partial charge in [-0.05, 0) is 90.1 Å². The minimum Gasteiger partial charge on any atom is -0.481 e. The smallest absolute Gasteiger partial charge is 0.389 e. The van der Waals surface area contributed by atoms with Crippen molar-refractivity contribution in [1.82, 2.24) is 4.90 Å². The van der Waals surface area contributed by atoms with Crippen LogP contribution in [0.5, 0.6) is 0 Å². The van der Waals surface area contributed by atoms with Gasteiger partial charge in [-0.3, -0.25) is 10.8 Å². The summed E-state index contributed by atoms with van der Waals surface area (Å²) in [6, 6.07) is 0. The Bertz CT molecular complexity index is 953. The largest absolute Gasteiger partial charge is 0.481 e. The van der Waals surface area contributed by atoms with Crippen LogP contribution in [0.1, 0.15) is 212 Å². The minimum absolute atomic E-state index is 0.136. The number of hydrogen-bond donors (Lipinski definition) is 3. The molecule has 0 radical (unpaired) electrons. The normalized spacial score (nSPS) is 12.5. The maximum atomic E-state index is 12.4. The lowest BCUT2D eigenvalue weighted by Crippen LogP contribution is -2.31. The van der Waals surface area contributed by atoms with Crippen molar-refractivity contribution >= 4 is 11.8 Å². The van der Waals surface area contributed by atoms with Gasteiger partial charge in [0.2, 0.25) is 0 Å². The lowest BCUT2D eigenvalue weighted by Gasteiger charge is -2.21. The van der Waals surface area contributed by atoms with Gasteiger partial charge in [-0.25, -0.2) is 0 Å². The second-order valence-electron chi connectivity index (χ2n) is 16.4. The molecular formula is C44H81F9N4O2. The zero-order valence-electron chi connectivity index (χ0n) is 36.2. The van der Waals surface area contributed by atoms with Crippen molar-refractivity contribution in [3.63, 3.8) is 0 Å². The van der Waals surface area contributed by atoms with Crippen molar-refractivity contribution in [1.29, 1.82) is 10.8 Å². The quantitative estimate of drug-likeness (QED) is 0.0247. The third kappa shape index (κ3) is 45.6. The summed E-state index contributed by atoms with van der Waals surface area (Å²) >= 11 is 0. The van der Waals surface area contributed by atoms with Gasteiger partial charge in [-0.2, -0.15) is 39.5 Å². The summed E-state index contributed by atoms with van der Waals surface area (Å²) in [5, 5.41) is 16.5. The van der Waals surface area contributed by atoms with Gasteiger partial charge in [0.25, 0.3) is 0 Å². The third-order valence-corrected chi connectivity index (χ3v) is 10.6. The molecule has 0 saturated heterocycles. The number of alkyl halides is 9. The molecule has 0 atom stereocenters. The van der Waals surface area contributed by atoms with Crippen LogP contribution in [0.2, 0.25) is 0 Å². The summed E-state index contributed by atoms with van der Waals surface area (Å²) in [6.07, 6.45) is 8.68. The molecule has 0 rings (SSSR count). The van der Waals surface area contributed by atoms with Crippen molar-refractivity contribution in [3.05, 3.63) is 0 Å². The van der Waals surface area contributed by atoms with Crippen LogP contribution >= 0.6 is 0 Å². The van der Waals surface area contributed by atoms with E-state index in [0.29, 0.717) is 51.2 Å². The Hall–Kier alpha value is -1.77. The molecule has 0 amide bonds. The van der Waals surface area contributed by atoms with Crippen molar-refractivity contribution < 1.29 is 49.0 Å². The molecule has 6 nitrogen and oxygen atoms in total. The van der Waals surface area contributed by atoms with E-state index in [2.05, 4.69) is 4.90 Å². The summed E-state index contributed by atoms with van der Waals surface area (Å²) in [5.74, 6) is 0.586. The van der Waals surface area contributed by atoms with E-state index in [1.165, 1.54) is 0 Å². The molecular weight excluding hydrogens is 787 g/mol. The number of nitrogens with two attached hydrogens (primary N) is 1. The molecule has 59 heavy (non-hydrogen) atoms. The fourth-order valence-electron chi connectivity index (χ4n) is 7.20. The van der Waals surface area contributed by atoms with Crippen LogP contribution in [0.4, 0.5) is 39.5 Å². The Kier molecular flexibility index (Phi) is 35.7. The standard InChI is InChI=1S/C44H81F9N4O2/c45-42(46,47)31-21-11-3-1-2-4-15-26-38-58-40(55)29-20-16-25-36-57(37-34-54)35-24-14-7-10-19-30-41(56)59-39(27-17-8-5-12-22-32-43(48,49)50)28-18-9-6-13-23-33-44(51,52)53/h39,55-56H,1-38,54H2. The zero-order chi connectivity index (χ0) is 44.1. The van der Waals surface area contributed by atoms with E-state index in [9.17, 15) is 39.5 Å². The van der Waals surface area contributed by atoms with E-state index in [1.54, 1.807) is 0 Å². The molecule has 0 unspecified atom stereocenters.